The van der Waals surface area contributed by atoms with Crippen molar-refractivity contribution in [2.75, 3.05) is 0 Å². The molecule has 1 atom stereocenters. The zero-order valence-corrected chi connectivity index (χ0v) is 9.09. The molecule has 80 valence electrons. The van der Waals surface area contributed by atoms with Gasteiger partial charge in [0.25, 0.3) is 0 Å². The Bertz CT molecular complexity index is 314. The molecule has 1 rings (SSSR count). The third-order valence-corrected chi connectivity index (χ3v) is 3.59. The third kappa shape index (κ3) is 2.09. The Balaban J connectivity index is 2.96. The number of halogens is 5. The highest BCUT2D eigenvalue weighted by Crippen LogP contribution is 2.39. The molecular formula is C7H6BrF4NS. The van der Waals surface area contributed by atoms with E-state index < -0.39 is 18.4 Å². The summed E-state index contributed by atoms with van der Waals surface area (Å²) in [6, 6.07) is -0.488. The summed E-state index contributed by atoms with van der Waals surface area (Å²) < 4.78 is 49.8. The highest BCUT2D eigenvalue weighted by Gasteiger charge is 2.48. The molecular weight excluding hydrogens is 286 g/mol. The average molecular weight is 292 g/mol. The Morgan fingerprint density at radius 2 is 2.00 bits per heavy atom. The minimum absolute atomic E-state index is 0.0234. The molecule has 14 heavy (non-hydrogen) atoms. The van der Waals surface area contributed by atoms with Gasteiger partial charge < -0.3 is 5.73 Å². The van der Waals surface area contributed by atoms with Crippen LogP contribution in [0, 0.1) is 0 Å². The summed E-state index contributed by atoms with van der Waals surface area (Å²) in [6.07, 6.45) is -3.76. The summed E-state index contributed by atoms with van der Waals surface area (Å²) in [5.41, 5.74) is 5.07. The van der Waals surface area contributed by atoms with Gasteiger partial charge in [0.15, 0.2) is 0 Å². The van der Waals surface area contributed by atoms with Gasteiger partial charge in [0.05, 0.1) is 0 Å². The van der Waals surface area contributed by atoms with Crippen molar-refractivity contribution < 1.29 is 17.6 Å². The Kier molecular flexibility index (Phi) is 3.54. The standard InChI is InChI=1S/C7H6BrF4NS/c8-3-1-2-14-4(3)5(13)7(11,12)6(9)10/h1-2,5-6H,13H2. The Hall–Kier alpha value is -0.140. The Morgan fingerprint density at radius 1 is 1.43 bits per heavy atom. The zero-order chi connectivity index (χ0) is 10.9. The van der Waals surface area contributed by atoms with Crippen molar-refractivity contribution in [2.24, 2.45) is 5.73 Å². The number of alkyl halides is 4. The van der Waals surface area contributed by atoms with Gasteiger partial charge in [-0.15, -0.1) is 11.3 Å². The van der Waals surface area contributed by atoms with Crippen LogP contribution in [0.4, 0.5) is 17.6 Å². The summed E-state index contributed by atoms with van der Waals surface area (Å²) in [6.45, 7) is 0. The molecule has 0 saturated heterocycles. The van der Waals surface area contributed by atoms with Gasteiger partial charge in [-0.2, -0.15) is 8.78 Å². The maximum atomic E-state index is 12.8. The number of nitrogens with two attached hydrogens (primary N) is 1. The SMILES string of the molecule is NC(c1sccc1Br)C(F)(F)C(F)F. The molecule has 2 N–H and O–H groups in total. The fraction of sp³-hybridized carbons (Fsp3) is 0.429. The molecule has 0 amide bonds. The quantitative estimate of drug-likeness (QED) is 0.849. The van der Waals surface area contributed by atoms with Crippen molar-refractivity contribution in [1.29, 1.82) is 0 Å². The van der Waals surface area contributed by atoms with E-state index in [1.54, 1.807) is 0 Å². The summed E-state index contributed by atoms with van der Waals surface area (Å²) in [5.74, 6) is -4.20. The summed E-state index contributed by atoms with van der Waals surface area (Å²) in [4.78, 5) is 0.0234. The second-order valence-corrected chi connectivity index (χ2v) is 4.39. The zero-order valence-electron chi connectivity index (χ0n) is 6.68. The molecule has 0 aromatic carbocycles. The van der Waals surface area contributed by atoms with Crippen LogP contribution in [0.2, 0.25) is 0 Å². The number of thiophene rings is 1. The van der Waals surface area contributed by atoms with Gasteiger partial charge in [0.2, 0.25) is 0 Å². The first-order chi connectivity index (χ1) is 6.37. The minimum Gasteiger partial charge on any atom is -0.318 e. The van der Waals surface area contributed by atoms with Crippen LogP contribution in [-0.4, -0.2) is 12.3 Å². The van der Waals surface area contributed by atoms with Crippen molar-refractivity contribution in [2.45, 2.75) is 18.4 Å². The second kappa shape index (κ2) is 4.16. The van der Waals surface area contributed by atoms with Crippen LogP contribution in [0.15, 0.2) is 15.9 Å². The topological polar surface area (TPSA) is 26.0 Å². The molecule has 0 aliphatic heterocycles. The van der Waals surface area contributed by atoms with Crippen molar-refractivity contribution in [3.8, 4) is 0 Å². The van der Waals surface area contributed by atoms with E-state index in [-0.39, 0.29) is 4.88 Å². The van der Waals surface area contributed by atoms with Gasteiger partial charge in [0, 0.05) is 9.35 Å². The van der Waals surface area contributed by atoms with Crippen molar-refractivity contribution >= 4 is 27.3 Å². The number of hydrogen-bond donors (Lipinski definition) is 1. The summed E-state index contributed by atoms with van der Waals surface area (Å²) >= 11 is 3.88. The van der Waals surface area contributed by atoms with Gasteiger partial charge >= 0.3 is 12.3 Å². The minimum atomic E-state index is -4.20. The van der Waals surface area contributed by atoms with Gasteiger partial charge in [-0.05, 0) is 27.4 Å². The lowest BCUT2D eigenvalue weighted by atomic mass is 10.1. The molecule has 7 heteroatoms. The molecule has 1 unspecified atom stereocenters. The largest absolute Gasteiger partial charge is 0.327 e. The fourth-order valence-electron chi connectivity index (χ4n) is 0.838. The number of rotatable bonds is 3. The first kappa shape index (κ1) is 11.9. The highest BCUT2D eigenvalue weighted by atomic mass is 79.9. The van der Waals surface area contributed by atoms with Crippen LogP contribution in [0.3, 0.4) is 0 Å². The maximum Gasteiger partial charge on any atom is 0.327 e. The molecule has 0 fully saturated rings. The molecule has 0 radical (unpaired) electrons. The fourth-order valence-corrected chi connectivity index (χ4v) is 2.51. The maximum absolute atomic E-state index is 12.8. The van der Waals surface area contributed by atoms with Gasteiger partial charge in [0.1, 0.15) is 6.04 Å². The predicted molar refractivity (Wildman–Crippen MR) is 49.9 cm³/mol. The molecule has 0 saturated carbocycles. The monoisotopic (exact) mass is 291 g/mol. The molecule has 0 aliphatic rings. The van der Waals surface area contributed by atoms with E-state index in [9.17, 15) is 17.6 Å². The lowest BCUT2D eigenvalue weighted by Crippen LogP contribution is -2.39. The van der Waals surface area contributed by atoms with E-state index in [2.05, 4.69) is 15.9 Å². The van der Waals surface area contributed by atoms with Gasteiger partial charge in [-0.25, -0.2) is 8.78 Å². The van der Waals surface area contributed by atoms with Gasteiger partial charge in [-0.3, -0.25) is 0 Å². The summed E-state index contributed by atoms with van der Waals surface area (Å²) in [7, 11) is 0. The van der Waals surface area contributed by atoms with Crippen LogP contribution in [0.5, 0.6) is 0 Å². The van der Waals surface area contributed by atoms with E-state index in [4.69, 9.17) is 5.73 Å². The molecule has 1 aromatic heterocycles. The average Bonchev–Trinajstić information content (AvgIpc) is 2.49. The summed E-state index contributed by atoms with van der Waals surface area (Å²) in [5, 5.41) is 1.50. The molecule has 0 bridgehead atoms. The Labute approximate surface area is 90.0 Å². The van der Waals surface area contributed by atoms with Gasteiger partial charge in [-0.1, -0.05) is 0 Å². The molecule has 0 aliphatic carbocycles. The normalized spacial score (nSPS) is 14.8. The van der Waals surface area contributed by atoms with Crippen LogP contribution in [0.1, 0.15) is 10.9 Å². The molecule has 1 heterocycles. The van der Waals surface area contributed by atoms with Crippen LogP contribution < -0.4 is 5.73 Å². The lowest BCUT2D eigenvalue weighted by Gasteiger charge is -2.21. The predicted octanol–water partition coefficient (Wildman–Crippen LogP) is 3.41. The molecule has 1 aromatic rings. The van der Waals surface area contributed by atoms with Crippen LogP contribution in [-0.2, 0) is 0 Å². The number of hydrogen-bond acceptors (Lipinski definition) is 2. The molecule has 0 spiro atoms. The van der Waals surface area contributed by atoms with Crippen molar-refractivity contribution in [3.63, 3.8) is 0 Å². The van der Waals surface area contributed by atoms with E-state index in [0.29, 0.717) is 4.47 Å². The van der Waals surface area contributed by atoms with E-state index in [1.807, 2.05) is 0 Å². The van der Waals surface area contributed by atoms with Crippen LogP contribution in [0.25, 0.3) is 0 Å². The lowest BCUT2D eigenvalue weighted by molar-refractivity contribution is -0.144. The van der Waals surface area contributed by atoms with Crippen molar-refractivity contribution in [1.82, 2.24) is 0 Å². The van der Waals surface area contributed by atoms with Crippen LogP contribution >= 0.6 is 27.3 Å². The third-order valence-electron chi connectivity index (χ3n) is 1.63. The van der Waals surface area contributed by atoms with E-state index in [1.165, 1.54) is 11.4 Å². The Morgan fingerprint density at radius 3 is 2.36 bits per heavy atom. The smallest absolute Gasteiger partial charge is 0.318 e. The van der Waals surface area contributed by atoms with Crippen molar-refractivity contribution in [3.05, 3.63) is 20.8 Å². The molecule has 1 nitrogen and oxygen atoms in total. The second-order valence-electron chi connectivity index (χ2n) is 2.59. The van der Waals surface area contributed by atoms with E-state index in [0.717, 1.165) is 11.3 Å². The van der Waals surface area contributed by atoms with E-state index >= 15 is 0 Å². The first-order valence-corrected chi connectivity index (χ1v) is 5.19. The first-order valence-electron chi connectivity index (χ1n) is 3.51. The highest BCUT2D eigenvalue weighted by molar-refractivity contribution is 9.10.